The van der Waals surface area contributed by atoms with Gasteiger partial charge in [-0.05, 0) is 48.9 Å². The summed E-state index contributed by atoms with van der Waals surface area (Å²) in [4.78, 5) is 36.8. The zero-order valence-corrected chi connectivity index (χ0v) is 16.2. The maximum absolute atomic E-state index is 12.2. The van der Waals surface area contributed by atoms with E-state index in [0.29, 0.717) is 24.4 Å². The minimum Gasteiger partial charge on any atom is -0.494 e. The number of nitrogens with zero attached hydrogens (tertiary/aromatic N) is 1. The molecule has 2 aromatic rings. The first kappa shape index (κ1) is 21.0. The number of esters is 1. The predicted molar refractivity (Wildman–Crippen MR) is 105 cm³/mol. The molecule has 2 aromatic carbocycles. The first-order chi connectivity index (χ1) is 13.4. The molecule has 0 aromatic heterocycles. The largest absolute Gasteiger partial charge is 0.494 e. The summed E-state index contributed by atoms with van der Waals surface area (Å²) in [5.41, 5.74) is 1.82. The Kier molecular flexibility index (Phi) is 7.56. The molecule has 7 nitrogen and oxygen atoms in total. The predicted octanol–water partition coefficient (Wildman–Crippen LogP) is 2.86. The van der Waals surface area contributed by atoms with E-state index in [1.807, 2.05) is 31.2 Å². The average Bonchev–Trinajstić information content (AvgIpc) is 2.67. The van der Waals surface area contributed by atoms with Crippen molar-refractivity contribution in [3.63, 3.8) is 0 Å². The molecule has 0 unspecified atom stereocenters. The molecule has 0 saturated heterocycles. The van der Waals surface area contributed by atoms with Crippen LogP contribution in [-0.2, 0) is 20.9 Å². The van der Waals surface area contributed by atoms with Crippen LogP contribution in [0.1, 0.15) is 29.8 Å². The highest BCUT2D eigenvalue weighted by atomic mass is 16.5. The van der Waals surface area contributed by atoms with Crippen molar-refractivity contribution in [2.75, 3.05) is 25.6 Å². The molecule has 0 aliphatic rings. The van der Waals surface area contributed by atoms with E-state index in [2.05, 4.69) is 5.32 Å². The van der Waals surface area contributed by atoms with E-state index in [0.717, 1.165) is 11.3 Å². The SMILES string of the molecule is CCOc1ccc(CN(C)C(=O)COC(=O)c2ccc(NC(C)=O)cc2)cc1. The molecular weight excluding hydrogens is 360 g/mol. The van der Waals surface area contributed by atoms with Gasteiger partial charge in [-0.3, -0.25) is 9.59 Å². The minimum atomic E-state index is -0.600. The molecule has 0 heterocycles. The fourth-order valence-corrected chi connectivity index (χ4v) is 2.43. The molecule has 0 aliphatic carbocycles. The summed E-state index contributed by atoms with van der Waals surface area (Å²) in [6, 6.07) is 13.7. The summed E-state index contributed by atoms with van der Waals surface area (Å²) < 4.78 is 10.5. The van der Waals surface area contributed by atoms with Crippen LogP contribution in [0.5, 0.6) is 5.75 Å². The molecule has 28 heavy (non-hydrogen) atoms. The average molecular weight is 384 g/mol. The lowest BCUT2D eigenvalue weighted by atomic mass is 10.2. The Morgan fingerprint density at radius 1 is 1.00 bits per heavy atom. The van der Waals surface area contributed by atoms with Crippen molar-refractivity contribution in [1.29, 1.82) is 0 Å². The highest BCUT2D eigenvalue weighted by molar-refractivity contribution is 5.93. The van der Waals surface area contributed by atoms with E-state index in [4.69, 9.17) is 9.47 Å². The van der Waals surface area contributed by atoms with Crippen LogP contribution in [0, 0.1) is 0 Å². The summed E-state index contributed by atoms with van der Waals surface area (Å²) in [5, 5.41) is 2.61. The Hall–Kier alpha value is -3.35. The van der Waals surface area contributed by atoms with Gasteiger partial charge in [0.2, 0.25) is 5.91 Å². The molecule has 148 valence electrons. The van der Waals surface area contributed by atoms with Crippen molar-refractivity contribution in [3.8, 4) is 5.75 Å². The van der Waals surface area contributed by atoms with Gasteiger partial charge in [0, 0.05) is 26.2 Å². The normalized spacial score (nSPS) is 10.1. The zero-order chi connectivity index (χ0) is 20.5. The summed E-state index contributed by atoms with van der Waals surface area (Å²) >= 11 is 0. The van der Waals surface area contributed by atoms with Crippen LogP contribution in [0.3, 0.4) is 0 Å². The number of nitrogens with one attached hydrogen (secondary N) is 1. The lowest BCUT2D eigenvalue weighted by molar-refractivity contribution is -0.133. The number of benzene rings is 2. The van der Waals surface area contributed by atoms with E-state index in [9.17, 15) is 14.4 Å². The third kappa shape index (κ3) is 6.42. The monoisotopic (exact) mass is 384 g/mol. The van der Waals surface area contributed by atoms with Crippen molar-refractivity contribution < 1.29 is 23.9 Å². The van der Waals surface area contributed by atoms with E-state index in [-0.39, 0.29) is 18.4 Å². The van der Waals surface area contributed by atoms with Gasteiger partial charge < -0.3 is 19.7 Å². The molecule has 1 N–H and O–H groups in total. The second-order valence-corrected chi connectivity index (χ2v) is 6.16. The molecule has 0 spiro atoms. The molecule has 0 saturated carbocycles. The van der Waals surface area contributed by atoms with Crippen molar-refractivity contribution in [1.82, 2.24) is 4.90 Å². The zero-order valence-electron chi connectivity index (χ0n) is 16.2. The molecule has 0 fully saturated rings. The van der Waals surface area contributed by atoms with Gasteiger partial charge in [0.05, 0.1) is 12.2 Å². The van der Waals surface area contributed by atoms with Crippen molar-refractivity contribution in [2.45, 2.75) is 20.4 Å². The first-order valence-corrected chi connectivity index (χ1v) is 8.89. The second kappa shape index (κ2) is 10.1. The summed E-state index contributed by atoms with van der Waals surface area (Å²) in [7, 11) is 1.65. The van der Waals surface area contributed by atoms with E-state index in [1.165, 1.54) is 24.0 Å². The van der Waals surface area contributed by atoms with Gasteiger partial charge in [-0.15, -0.1) is 0 Å². The van der Waals surface area contributed by atoms with Crippen LogP contribution in [0.4, 0.5) is 5.69 Å². The molecule has 2 rings (SSSR count). The molecule has 0 bridgehead atoms. The second-order valence-electron chi connectivity index (χ2n) is 6.16. The first-order valence-electron chi connectivity index (χ1n) is 8.89. The van der Waals surface area contributed by atoms with Crippen molar-refractivity contribution in [2.24, 2.45) is 0 Å². The lowest BCUT2D eigenvalue weighted by Crippen LogP contribution is -2.30. The van der Waals surface area contributed by atoms with Crippen LogP contribution in [0.25, 0.3) is 0 Å². The van der Waals surface area contributed by atoms with E-state index >= 15 is 0 Å². The number of hydrogen-bond donors (Lipinski definition) is 1. The van der Waals surface area contributed by atoms with Gasteiger partial charge in [0.25, 0.3) is 5.91 Å². The minimum absolute atomic E-state index is 0.198. The number of likely N-dealkylation sites (N-methyl/N-ethyl adjacent to an activating group) is 1. The van der Waals surface area contributed by atoms with Gasteiger partial charge in [-0.1, -0.05) is 12.1 Å². The molecule has 2 amide bonds. The van der Waals surface area contributed by atoms with Crippen molar-refractivity contribution >= 4 is 23.5 Å². The number of amides is 2. The molecule has 0 aliphatic heterocycles. The van der Waals surface area contributed by atoms with Gasteiger partial charge in [0.1, 0.15) is 5.75 Å². The fourth-order valence-electron chi connectivity index (χ4n) is 2.43. The topological polar surface area (TPSA) is 84.9 Å². The number of anilines is 1. The molecule has 0 atom stereocenters. The lowest BCUT2D eigenvalue weighted by Gasteiger charge is -2.17. The Morgan fingerprint density at radius 3 is 2.21 bits per heavy atom. The molecule has 7 heteroatoms. The Morgan fingerprint density at radius 2 is 1.64 bits per heavy atom. The summed E-state index contributed by atoms with van der Waals surface area (Å²) in [6.07, 6.45) is 0. The highest BCUT2D eigenvalue weighted by Gasteiger charge is 2.14. The van der Waals surface area contributed by atoms with Crippen LogP contribution < -0.4 is 10.1 Å². The van der Waals surface area contributed by atoms with Gasteiger partial charge in [-0.25, -0.2) is 4.79 Å². The number of carbonyl (C=O) groups excluding carboxylic acids is 3. The standard InChI is InChI=1S/C21H24N2O5/c1-4-27-19-11-5-16(6-12-19)13-23(3)20(25)14-28-21(26)17-7-9-18(10-8-17)22-15(2)24/h5-12H,4,13-14H2,1-3H3,(H,22,24). The summed E-state index contributed by atoms with van der Waals surface area (Å²) in [6.45, 7) is 3.96. The van der Waals surface area contributed by atoms with Crippen LogP contribution in [0.2, 0.25) is 0 Å². The van der Waals surface area contributed by atoms with Gasteiger partial charge >= 0.3 is 5.97 Å². The number of carbonyl (C=O) groups is 3. The smallest absolute Gasteiger partial charge is 0.338 e. The number of hydrogen-bond acceptors (Lipinski definition) is 5. The van der Waals surface area contributed by atoms with Crippen LogP contribution in [-0.4, -0.2) is 42.9 Å². The molecule has 0 radical (unpaired) electrons. The maximum Gasteiger partial charge on any atom is 0.338 e. The summed E-state index contributed by atoms with van der Waals surface area (Å²) in [5.74, 6) is -0.329. The van der Waals surface area contributed by atoms with Crippen molar-refractivity contribution in [3.05, 3.63) is 59.7 Å². The number of ether oxygens (including phenoxy) is 2. The third-order valence-corrected chi connectivity index (χ3v) is 3.85. The third-order valence-electron chi connectivity index (χ3n) is 3.85. The Labute approximate surface area is 164 Å². The highest BCUT2D eigenvalue weighted by Crippen LogP contribution is 2.14. The van der Waals surface area contributed by atoms with E-state index < -0.39 is 5.97 Å². The van der Waals surface area contributed by atoms with Crippen LogP contribution in [0.15, 0.2) is 48.5 Å². The maximum atomic E-state index is 12.2. The van der Waals surface area contributed by atoms with Crippen LogP contribution >= 0.6 is 0 Å². The Balaban J connectivity index is 1.83. The van der Waals surface area contributed by atoms with Gasteiger partial charge in [-0.2, -0.15) is 0 Å². The number of rotatable bonds is 8. The fraction of sp³-hybridized carbons (Fsp3) is 0.286. The van der Waals surface area contributed by atoms with Gasteiger partial charge in [0.15, 0.2) is 6.61 Å². The Bertz CT molecular complexity index is 816. The quantitative estimate of drug-likeness (QED) is 0.708. The molecular formula is C21H24N2O5. The van der Waals surface area contributed by atoms with E-state index in [1.54, 1.807) is 19.2 Å².